The molecule has 0 heteroatoms. The lowest BCUT2D eigenvalue weighted by molar-refractivity contribution is 0.652. The second kappa shape index (κ2) is 10.5. The zero-order valence-electron chi connectivity index (χ0n) is 8.10. The maximum Gasteiger partial charge on any atom is -0.0351 e. The molecule has 0 unspecified atom stereocenters. The van der Waals surface area contributed by atoms with Gasteiger partial charge < -0.3 is 0 Å². The Bertz CT molecular complexity index is 111. The Labute approximate surface area is 77.4 Å². The molecule has 0 heterocycles. The molecule has 0 aromatic rings. The fraction of sp³-hybridized carbons (Fsp3) is 0.583. The van der Waals surface area contributed by atoms with Gasteiger partial charge in [-0.3, -0.25) is 0 Å². The summed E-state index contributed by atoms with van der Waals surface area (Å²) >= 11 is 0. The Morgan fingerprint density at radius 2 is 1.50 bits per heavy atom. The summed E-state index contributed by atoms with van der Waals surface area (Å²) in [7, 11) is 0. The first-order valence-corrected chi connectivity index (χ1v) is 4.97. The number of allylic oxidation sites excluding steroid dienone is 3. The summed E-state index contributed by atoms with van der Waals surface area (Å²) in [5.41, 5.74) is 0. The molecule has 0 amide bonds. The van der Waals surface area contributed by atoms with E-state index in [9.17, 15) is 0 Å². The minimum Gasteiger partial charge on any atom is -0.103 e. The minimum absolute atomic E-state index is 0.927. The average molecular weight is 165 g/mol. The van der Waals surface area contributed by atoms with E-state index in [0.717, 1.165) is 6.42 Å². The lowest BCUT2D eigenvalue weighted by Crippen LogP contribution is -1.76. The second-order valence-electron chi connectivity index (χ2n) is 3.04. The highest BCUT2D eigenvalue weighted by atomic mass is 13.9. The summed E-state index contributed by atoms with van der Waals surface area (Å²) in [6.07, 6.45) is 15.1. The first kappa shape index (κ1) is 11.5. The SMILES string of the molecule is [CH2]C/C=C/CCCCCCC=C. The average Bonchev–Trinajstić information content (AvgIpc) is 2.10. The fourth-order valence-electron chi connectivity index (χ4n) is 1.14. The van der Waals surface area contributed by atoms with Crippen LogP contribution in [-0.2, 0) is 0 Å². The Kier molecular flexibility index (Phi) is 10.0. The van der Waals surface area contributed by atoms with Gasteiger partial charge in [0.2, 0.25) is 0 Å². The van der Waals surface area contributed by atoms with Crippen molar-refractivity contribution in [1.82, 2.24) is 0 Å². The smallest absolute Gasteiger partial charge is 0.0351 e. The topological polar surface area (TPSA) is 0 Å². The molecule has 69 valence electrons. The summed E-state index contributed by atoms with van der Waals surface area (Å²) in [4.78, 5) is 0. The van der Waals surface area contributed by atoms with Crippen LogP contribution in [0.25, 0.3) is 0 Å². The van der Waals surface area contributed by atoms with Crippen molar-refractivity contribution in [3.63, 3.8) is 0 Å². The van der Waals surface area contributed by atoms with Gasteiger partial charge in [0.25, 0.3) is 0 Å². The standard InChI is InChI=1S/C12H21/c1-3-5-7-9-11-12-10-8-6-4-2/h3,6,8H,1-2,4-5,7,9-12H2/b8-6+. The van der Waals surface area contributed by atoms with Crippen molar-refractivity contribution in [3.05, 3.63) is 31.7 Å². The van der Waals surface area contributed by atoms with Crippen molar-refractivity contribution in [1.29, 1.82) is 0 Å². The monoisotopic (exact) mass is 165 g/mol. The van der Waals surface area contributed by atoms with E-state index in [-0.39, 0.29) is 0 Å². The largest absolute Gasteiger partial charge is 0.103 e. The van der Waals surface area contributed by atoms with Crippen LogP contribution < -0.4 is 0 Å². The van der Waals surface area contributed by atoms with Gasteiger partial charge in [-0.15, -0.1) is 6.58 Å². The molecule has 0 aromatic carbocycles. The lowest BCUT2D eigenvalue weighted by atomic mass is 10.1. The van der Waals surface area contributed by atoms with Crippen molar-refractivity contribution in [3.8, 4) is 0 Å². The van der Waals surface area contributed by atoms with Crippen molar-refractivity contribution in [2.75, 3.05) is 0 Å². The third kappa shape index (κ3) is 9.48. The molecule has 12 heavy (non-hydrogen) atoms. The molecule has 1 radical (unpaired) electrons. The van der Waals surface area contributed by atoms with Gasteiger partial charge in [-0.2, -0.15) is 0 Å². The molecule has 0 saturated heterocycles. The van der Waals surface area contributed by atoms with Crippen LogP contribution in [0, 0.1) is 6.92 Å². The second-order valence-corrected chi connectivity index (χ2v) is 3.04. The molecule has 0 nitrogen and oxygen atoms in total. The van der Waals surface area contributed by atoms with Gasteiger partial charge in [0.1, 0.15) is 0 Å². The zero-order valence-corrected chi connectivity index (χ0v) is 8.10. The van der Waals surface area contributed by atoms with Gasteiger partial charge in [0, 0.05) is 0 Å². The van der Waals surface area contributed by atoms with Gasteiger partial charge in [-0.05, 0) is 39.0 Å². The van der Waals surface area contributed by atoms with Gasteiger partial charge in [0.15, 0.2) is 0 Å². The van der Waals surface area contributed by atoms with Crippen LogP contribution in [0.1, 0.15) is 44.9 Å². The number of hydrogen-bond acceptors (Lipinski definition) is 0. The number of hydrogen-bond donors (Lipinski definition) is 0. The number of rotatable bonds is 8. The normalized spacial score (nSPS) is 10.8. The van der Waals surface area contributed by atoms with Gasteiger partial charge >= 0.3 is 0 Å². The molecule has 0 aliphatic carbocycles. The Morgan fingerprint density at radius 3 is 2.08 bits per heavy atom. The van der Waals surface area contributed by atoms with Gasteiger partial charge in [0.05, 0.1) is 0 Å². The van der Waals surface area contributed by atoms with E-state index in [0.29, 0.717) is 0 Å². The highest BCUT2D eigenvalue weighted by molar-refractivity contribution is 4.81. The Balaban J connectivity index is 2.90. The Hall–Kier alpha value is -0.520. The minimum atomic E-state index is 0.927. The van der Waals surface area contributed by atoms with Crippen molar-refractivity contribution in [2.45, 2.75) is 44.9 Å². The predicted octanol–water partition coefficient (Wildman–Crippen LogP) is 4.29. The van der Waals surface area contributed by atoms with E-state index in [1.165, 1.54) is 38.5 Å². The summed E-state index contributed by atoms with van der Waals surface area (Å²) in [5.74, 6) is 0. The maximum absolute atomic E-state index is 3.75. The van der Waals surface area contributed by atoms with Crippen LogP contribution in [0.15, 0.2) is 24.8 Å². The molecule has 0 fully saturated rings. The predicted molar refractivity (Wildman–Crippen MR) is 57.0 cm³/mol. The third-order valence-corrected chi connectivity index (χ3v) is 1.86. The molecule has 0 aromatic heterocycles. The van der Waals surface area contributed by atoms with E-state index in [1.54, 1.807) is 0 Å². The van der Waals surface area contributed by atoms with Gasteiger partial charge in [-0.1, -0.05) is 31.1 Å². The summed E-state index contributed by atoms with van der Waals surface area (Å²) < 4.78 is 0. The zero-order chi connectivity index (χ0) is 9.07. The van der Waals surface area contributed by atoms with Crippen molar-refractivity contribution in [2.24, 2.45) is 0 Å². The van der Waals surface area contributed by atoms with Crippen molar-refractivity contribution >= 4 is 0 Å². The highest BCUT2D eigenvalue weighted by Crippen LogP contribution is 2.05. The van der Waals surface area contributed by atoms with Crippen LogP contribution in [0.4, 0.5) is 0 Å². The molecule has 0 bridgehead atoms. The fourth-order valence-corrected chi connectivity index (χ4v) is 1.14. The van der Waals surface area contributed by atoms with Crippen molar-refractivity contribution < 1.29 is 0 Å². The first-order chi connectivity index (χ1) is 5.91. The van der Waals surface area contributed by atoms with Crippen LogP contribution in [0.2, 0.25) is 0 Å². The summed E-state index contributed by atoms with van der Waals surface area (Å²) in [5, 5.41) is 0. The van der Waals surface area contributed by atoms with Crippen LogP contribution in [-0.4, -0.2) is 0 Å². The summed E-state index contributed by atoms with van der Waals surface area (Å²) in [6.45, 7) is 7.45. The first-order valence-electron chi connectivity index (χ1n) is 4.97. The third-order valence-electron chi connectivity index (χ3n) is 1.86. The molecule has 0 spiro atoms. The summed E-state index contributed by atoms with van der Waals surface area (Å²) in [6, 6.07) is 0. The molecular weight excluding hydrogens is 144 g/mol. The van der Waals surface area contributed by atoms with E-state index >= 15 is 0 Å². The van der Waals surface area contributed by atoms with E-state index in [2.05, 4.69) is 25.7 Å². The molecule has 0 atom stereocenters. The molecule has 0 rings (SSSR count). The van der Waals surface area contributed by atoms with Crippen LogP contribution in [0.5, 0.6) is 0 Å². The Morgan fingerprint density at radius 1 is 0.833 bits per heavy atom. The quantitative estimate of drug-likeness (QED) is 0.372. The molecule has 0 saturated carbocycles. The van der Waals surface area contributed by atoms with Gasteiger partial charge in [-0.25, -0.2) is 0 Å². The van der Waals surface area contributed by atoms with E-state index in [1.807, 2.05) is 6.08 Å². The molecule has 0 N–H and O–H groups in total. The van der Waals surface area contributed by atoms with Crippen LogP contribution >= 0.6 is 0 Å². The van der Waals surface area contributed by atoms with E-state index in [4.69, 9.17) is 0 Å². The maximum atomic E-state index is 3.75. The highest BCUT2D eigenvalue weighted by Gasteiger charge is 1.86. The molecular formula is C12H21. The molecule has 0 aliphatic rings. The van der Waals surface area contributed by atoms with E-state index < -0.39 is 0 Å². The lowest BCUT2D eigenvalue weighted by Gasteiger charge is -1.95. The molecule has 0 aliphatic heterocycles. The van der Waals surface area contributed by atoms with Crippen LogP contribution in [0.3, 0.4) is 0 Å². The number of unbranched alkanes of at least 4 members (excludes halogenated alkanes) is 5.